The highest BCUT2D eigenvalue weighted by atomic mass is 16.4. The molecule has 0 spiro atoms. The van der Waals surface area contributed by atoms with E-state index in [2.05, 4.69) is 0 Å². The largest absolute Gasteiger partial charge is 0.481 e. The molecule has 2 rings (SSSR count). The highest BCUT2D eigenvalue weighted by Gasteiger charge is 2.48. The number of carboxylic acid groups (broad SMARTS) is 4. The number of fused-ring (bicyclic) bond motifs is 2. The highest BCUT2D eigenvalue weighted by molar-refractivity contribution is 5.93. The molecule has 4 unspecified atom stereocenters. The molecular weight excluding hydrogens is 308 g/mol. The van der Waals surface area contributed by atoms with Crippen molar-refractivity contribution in [2.45, 2.75) is 19.3 Å². The van der Waals surface area contributed by atoms with Gasteiger partial charge in [-0.3, -0.25) is 19.2 Å². The van der Waals surface area contributed by atoms with Crippen LogP contribution in [0.3, 0.4) is 0 Å². The van der Waals surface area contributed by atoms with E-state index >= 15 is 0 Å². The van der Waals surface area contributed by atoms with Crippen LogP contribution in [0.1, 0.15) is 19.3 Å². The first kappa shape index (κ1) is 17.0. The molecule has 8 nitrogen and oxygen atoms in total. The van der Waals surface area contributed by atoms with Crippen molar-refractivity contribution in [1.29, 1.82) is 0 Å². The van der Waals surface area contributed by atoms with Crippen LogP contribution in [0.4, 0.5) is 0 Å². The maximum atomic E-state index is 11.1. The SMILES string of the molecule is O=C(O)C(CC1C2C=CC(C2)C1CC(C(=O)O)C(=O)O)C(=O)O. The van der Waals surface area contributed by atoms with E-state index in [1.165, 1.54) is 0 Å². The Labute approximate surface area is 131 Å². The van der Waals surface area contributed by atoms with Gasteiger partial charge in [-0.05, 0) is 42.9 Å². The van der Waals surface area contributed by atoms with Gasteiger partial charge in [-0.2, -0.15) is 0 Å². The van der Waals surface area contributed by atoms with Crippen LogP contribution >= 0.6 is 0 Å². The average molecular weight is 326 g/mol. The first-order valence-electron chi connectivity index (χ1n) is 7.32. The molecule has 23 heavy (non-hydrogen) atoms. The Kier molecular flexibility index (Phi) is 4.72. The van der Waals surface area contributed by atoms with Gasteiger partial charge in [0.2, 0.25) is 0 Å². The first-order chi connectivity index (χ1) is 10.7. The van der Waals surface area contributed by atoms with Gasteiger partial charge in [-0.1, -0.05) is 12.2 Å². The van der Waals surface area contributed by atoms with Crippen LogP contribution in [0, 0.1) is 35.5 Å². The third-order valence-electron chi connectivity index (χ3n) is 5.01. The van der Waals surface area contributed by atoms with Crippen LogP contribution in [-0.4, -0.2) is 44.3 Å². The Bertz CT molecular complexity index is 490. The van der Waals surface area contributed by atoms with Crippen LogP contribution in [0.2, 0.25) is 0 Å². The summed E-state index contributed by atoms with van der Waals surface area (Å²) in [6.45, 7) is 0. The molecule has 2 aliphatic carbocycles. The Morgan fingerprint density at radius 2 is 1.04 bits per heavy atom. The predicted octanol–water partition coefficient (Wildman–Crippen LogP) is 0.776. The Balaban J connectivity index is 2.18. The van der Waals surface area contributed by atoms with Crippen LogP contribution < -0.4 is 0 Å². The lowest BCUT2D eigenvalue weighted by molar-refractivity contribution is -0.158. The van der Waals surface area contributed by atoms with Crippen LogP contribution in [0.5, 0.6) is 0 Å². The quantitative estimate of drug-likeness (QED) is 0.377. The monoisotopic (exact) mass is 326 g/mol. The fraction of sp³-hybridized carbons (Fsp3) is 0.600. The molecule has 4 N–H and O–H groups in total. The molecule has 0 aromatic heterocycles. The maximum Gasteiger partial charge on any atom is 0.317 e. The lowest BCUT2D eigenvalue weighted by Crippen LogP contribution is -2.33. The van der Waals surface area contributed by atoms with Crippen molar-refractivity contribution < 1.29 is 39.6 Å². The number of carbonyl (C=O) groups is 4. The summed E-state index contributed by atoms with van der Waals surface area (Å²) in [4.78, 5) is 44.4. The minimum Gasteiger partial charge on any atom is -0.481 e. The maximum absolute atomic E-state index is 11.1. The second kappa shape index (κ2) is 6.39. The number of aliphatic carboxylic acids is 4. The molecule has 1 fully saturated rings. The molecule has 0 aromatic rings. The molecule has 4 atom stereocenters. The van der Waals surface area contributed by atoms with Crippen molar-refractivity contribution in [2.75, 3.05) is 0 Å². The van der Waals surface area contributed by atoms with Crippen molar-refractivity contribution in [3.8, 4) is 0 Å². The van der Waals surface area contributed by atoms with Gasteiger partial charge in [-0.25, -0.2) is 0 Å². The summed E-state index contributed by atoms with van der Waals surface area (Å²) in [6.07, 6.45) is 4.24. The molecule has 1 saturated carbocycles. The van der Waals surface area contributed by atoms with E-state index in [1.807, 2.05) is 12.2 Å². The number of rotatable bonds is 8. The van der Waals surface area contributed by atoms with Gasteiger partial charge in [0.1, 0.15) is 0 Å². The van der Waals surface area contributed by atoms with Gasteiger partial charge in [-0.15, -0.1) is 0 Å². The van der Waals surface area contributed by atoms with Crippen molar-refractivity contribution >= 4 is 23.9 Å². The Hall–Kier alpha value is -2.38. The van der Waals surface area contributed by atoms with E-state index < -0.39 is 35.7 Å². The minimum absolute atomic E-state index is 0.0190. The average Bonchev–Trinajstić information content (AvgIpc) is 3.01. The number of hydrogen-bond acceptors (Lipinski definition) is 4. The van der Waals surface area contributed by atoms with E-state index in [9.17, 15) is 19.2 Å². The third-order valence-corrected chi connectivity index (χ3v) is 5.01. The van der Waals surface area contributed by atoms with Crippen molar-refractivity contribution in [1.82, 2.24) is 0 Å². The van der Waals surface area contributed by atoms with Gasteiger partial charge in [0.05, 0.1) is 0 Å². The zero-order valence-electron chi connectivity index (χ0n) is 12.2. The summed E-state index contributed by atoms with van der Waals surface area (Å²) >= 11 is 0. The van der Waals surface area contributed by atoms with E-state index in [-0.39, 0.29) is 36.5 Å². The second-order valence-electron chi connectivity index (χ2n) is 6.21. The molecule has 2 bridgehead atoms. The molecule has 0 aromatic carbocycles. The van der Waals surface area contributed by atoms with Gasteiger partial charge >= 0.3 is 23.9 Å². The summed E-state index contributed by atoms with van der Waals surface area (Å²) in [7, 11) is 0. The molecule has 0 heterocycles. The third kappa shape index (κ3) is 3.35. The number of allylic oxidation sites excluding steroid dienone is 2. The standard InChI is InChI=1S/C15H18O8/c16-12(17)10(13(18)19)4-8-6-1-2-7(3-6)9(8)5-11(14(20)21)15(22)23/h1-2,6-11H,3-5H2,(H,16,17)(H,18,19)(H,20,21)(H,22,23). The fourth-order valence-corrected chi connectivity index (χ4v) is 3.88. The number of hydrogen-bond donors (Lipinski definition) is 4. The molecular formula is C15H18O8. The van der Waals surface area contributed by atoms with E-state index in [1.54, 1.807) is 0 Å². The summed E-state index contributed by atoms with van der Waals surface area (Å²) in [5, 5.41) is 36.1. The lowest BCUT2D eigenvalue weighted by Gasteiger charge is -2.30. The van der Waals surface area contributed by atoms with Gasteiger partial charge in [0.25, 0.3) is 0 Å². The summed E-state index contributed by atoms with van der Waals surface area (Å²) in [6, 6.07) is 0. The fourth-order valence-electron chi connectivity index (χ4n) is 3.88. The molecule has 0 aliphatic heterocycles. The summed E-state index contributed by atoms with van der Waals surface area (Å²) in [5.41, 5.74) is 0. The smallest absolute Gasteiger partial charge is 0.317 e. The topological polar surface area (TPSA) is 149 Å². The zero-order chi connectivity index (χ0) is 17.3. The molecule has 126 valence electrons. The van der Waals surface area contributed by atoms with Crippen LogP contribution in [0.25, 0.3) is 0 Å². The second-order valence-corrected chi connectivity index (χ2v) is 6.21. The predicted molar refractivity (Wildman–Crippen MR) is 74.5 cm³/mol. The van der Waals surface area contributed by atoms with Crippen LogP contribution in [0.15, 0.2) is 12.2 Å². The number of carboxylic acids is 4. The summed E-state index contributed by atoms with van der Waals surface area (Å²) < 4.78 is 0. The van der Waals surface area contributed by atoms with Crippen molar-refractivity contribution in [3.63, 3.8) is 0 Å². The normalized spacial score (nSPS) is 28.4. The molecule has 0 saturated heterocycles. The van der Waals surface area contributed by atoms with E-state index in [4.69, 9.17) is 20.4 Å². The van der Waals surface area contributed by atoms with E-state index in [0.717, 1.165) is 0 Å². The van der Waals surface area contributed by atoms with Gasteiger partial charge in [0.15, 0.2) is 11.8 Å². The highest BCUT2D eigenvalue weighted by Crippen LogP contribution is 2.52. The summed E-state index contributed by atoms with van der Waals surface area (Å²) in [5.74, 6) is -9.57. The molecule has 0 radical (unpaired) electrons. The van der Waals surface area contributed by atoms with Gasteiger partial charge < -0.3 is 20.4 Å². The first-order valence-corrected chi connectivity index (χ1v) is 7.32. The van der Waals surface area contributed by atoms with Crippen molar-refractivity contribution in [2.24, 2.45) is 35.5 Å². The zero-order valence-corrected chi connectivity index (χ0v) is 12.2. The minimum atomic E-state index is -1.57. The lowest BCUT2D eigenvalue weighted by atomic mass is 9.74. The molecule has 8 heteroatoms. The molecule has 2 aliphatic rings. The van der Waals surface area contributed by atoms with Crippen molar-refractivity contribution in [3.05, 3.63) is 12.2 Å². The van der Waals surface area contributed by atoms with Crippen LogP contribution in [-0.2, 0) is 19.2 Å². The molecule has 0 amide bonds. The Morgan fingerprint density at radius 3 is 1.30 bits per heavy atom. The van der Waals surface area contributed by atoms with Gasteiger partial charge in [0, 0.05) is 0 Å². The van der Waals surface area contributed by atoms with E-state index in [0.29, 0.717) is 6.42 Å². The Morgan fingerprint density at radius 1 is 0.739 bits per heavy atom.